The maximum absolute atomic E-state index is 11.6. The van der Waals surface area contributed by atoms with E-state index in [-0.39, 0.29) is 24.1 Å². The first-order valence-corrected chi connectivity index (χ1v) is 6.41. The van der Waals surface area contributed by atoms with E-state index in [1.54, 1.807) is 14.0 Å². The monoisotopic (exact) mass is 284 g/mol. The fraction of sp³-hybridized carbons (Fsp3) is 0.615. The second-order valence-electron chi connectivity index (χ2n) is 4.59. The lowest BCUT2D eigenvalue weighted by Gasteiger charge is -2.11. The molecule has 0 aliphatic heterocycles. The van der Waals surface area contributed by atoms with Gasteiger partial charge in [0.1, 0.15) is 0 Å². The molecular formula is C13H24N4O3. The van der Waals surface area contributed by atoms with Crippen molar-refractivity contribution in [3.8, 4) is 0 Å². The molecule has 20 heavy (non-hydrogen) atoms. The summed E-state index contributed by atoms with van der Waals surface area (Å²) in [6.07, 6.45) is 0.119. The number of ether oxygens (including phenoxy) is 1. The molecule has 7 heteroatoms. The zero-order valence-electron chi connectivity index (χ0n) is 12.6. The van der Waals surface area contributed by atoms with Gasteiger partial charge in [-0.05, 0) is 20.8 Å². The highest BCUT2D eigenvalue weighted by Gasteiger charge is 2.08. The van der Waals surface area contributed by atoms with Gasteiger partial charge in [-0.15, -0.1) is 0 Å². The quantitative estimate of drug-likeness (QED) is 0.243. The Morgan fingerprint density at radius 2 is 2.00 bits per heavy atom. The molecule has 0 aromatic heterocycles. The lowest BCUT2D eigenvalue weighted by molar-refractivity contribution is -0.120. The molecule has 0 bridgehead atoms. The molecule has 0 saturated heterocycles. The summed E-state index contributed by atoms with van der Waals surface area (Å²) in [4.78, 5) is 23.0. The summed E-state index contributed by atoms with van der Waals surface area (Å²) in [6.45, 7) is 9.97. The molecule has 7 nitrogen and oxygen atoms in total. The van der Waals surface area contributed by atoms with Crippen LogP contribution in [-0.2, 0) is 14.3 Å². The number of hydrogen-bond acceptors (Lipinski definition) is 5. The van der Waals surface area contributed by atoms with Gasteiger partial charge in [-0.3, -0.25) is 9.59 Å². The van der Waals surface area contributed by atoms with E-state index in [1.165, 1.54) is 0 Å². The Morgan fingerprint density at radius 1 is 1.35 bits per heavy atom. The van der Waals surface area contributed by atoms with Crippen LogP contribution in [-0.4, -0.2) is 43.8 Å². The number of hydrogen-bond donors (Lipinski definition) is 3. The van der Waals surface area contributed by atoms with E-state index in [0.717, 1.165) is 0 Å². The van der Waals surface area contributed by atoms with Crippen LogP contribution in [0.25, 0.3) is 0 Å². The first-order valence-electron chi connectivity index (χ1n) is 6.41. The molecule has 0 saturated carbocycles. The fourth-order valence-corrected chi connectivity index (χ4v) is 1.25. The van der Waals surface area contributed by atoms with Gasteiger partial charge in [-0.25, -0.2) is 5.43 Å². The average molecular weight is 284 g/mol. The maximum atomic E-state index is 11.6. The minimum absolute atomic E-state index is 0.116. The highest BCUT2D eigenvalue weighted by Crippen LogP contribution is 1.90. The van der Waals surface area contributed by atoms with Crippen LogP contribution in [0.3, 0.4) is 0 Å². The third kappa shape index (κ3) is 9.09. The molecule has 0 heterocycles. The Balaban J connectivity index is 4.09. The summed E-state index contributed by atoms with van der Waals surface area (Å²) in [5, 5.41) is 9.38. The number of methoxy groups -OCH3 is 1. The summed E-state index contributed by atoms with van der Waals surface area (Å²) in [6, 6.07) is 0.116. The minimum atomic E-state index is -0.419. The zero-order chi connectivity index (χ0) is 15.5. The van der Waals surface area contributed by atoms with Crippen LogP contribution in [0.1, 0.15) is 27.2 Å². The third-order valence-electron chi connectivity index (χ3n) is 2.13. The maximum Gasteiger partial charge on any atom is 0.286 e. The number of carbonyl (C=O) groups excluding carboxylic acids is 2. The second kappa shape index (κ2) is 9.96. The Bertz CT molecular complexity index is 378. The van der Waals surface area contributed by atoms with Gasteiger partial charge in [0.05, 0.1) is 18.7 Å². The molecular weight excluding hydrogens is 260 g/mol. The number of carbonyl (C=O) groups is 2. The van der Waals surface area contributed by atoms with Crippen molar-refractivity contribution in [2.75, 3.05) is 20.3 Å². The number of rotatable bonds is 9. The number of nitrogens with zero attached hydrogens (tertiary/aromatic N) is 1. The van der Waals surface area contributed by atoms with Gasteiger partial charge in [-0.1, -0.05) is 6.58 Å². The van der Waals surface area contributed by atoms with E-state index < -0.39 is 5.91 Å². The molecule has 0 radical (unpaired) electrons. The first-order chi connectivity index (χ1) is 9.36. The van der Waals surface area contributed by atoms with Crippen LogP contribution in [0.15, 0.2) is 17.4 Å². The molecule has 0 spiro atoms. The summed E-state index contributed by atoms with van der Waals surface area (Å²) >= 11 is 0. The zero-order valence-corrected chi connectivity index (χ0v) is 12.6. The molecule has 0 aliphatic carbocycles. The average Bonchev–Trinajstić information content (AvgIpc) is 2.35. The molecule has 114 valence electrons. The largest absolute Gasteiger partial charge is 0.383 e. The van der Waals surface area contributed by atoms with Crippen LogP contribution in [0.4, 0.5) is 0 Å². The first kappa shape index (κ1) is 18.1. The summed E-state index contributed by atoms with van der Waals surface area (Å²) < 4.78 is 4.82. The second-order valence-corrected chi connectivity index (χ2v) is 4.59. The third-order valence-corrected chi connectivity index (χ3v) is 2.13. The molecule has 3 N–H and O–H groups in total. The number of hydrazone groups is 1. The Hall–Kier alpha value is -1.89. The molecule has 0 fully saturated rings. The molecule has 0 rings (SSSR count). The summed E-state index contributed by atoms with van der Waals surface area (Å²) in [5.41, 5.74) is 3.08. The topological polar surface area (TPSA) is 91.8 Å². The van der Waals surface area contributed by atoms with Crippen molar-refractivity contribution in [1.82, 2.24) is 16.1 Å². The number of nitrogens with one attached hydrogen (secondary N) is 3. The van der Waals surface area contributed by atoms with Crippen molar-refractivity contribution < 1.29 is 14.3 Å². The SMILES string of the molecule is C=C(NC(C)C)C(=O)NN=C(C)CC(=O)NCCOC. The Morgan fingerprint density at radius 3 is 2.55 bits per heavy atom. The van der Waals surface area contributed by atoms with E-state index in [2.05, 4.69) is 27.7 Å². The highest BCUT2D eigenvalue weighted by molar-refractivity contribution is 6.00. The van der Waals surface area contributed by atoms with Crippen molar-refractivity contribution in [3.05, 3.63) is 12.3 Å². The van der Waals surface area contributed by atoms with Crippen molar-refractivity contribution >= 4 is 17.5 Å². The van der Waals surface area contributed by atoms with Gasteiger partial charge in [-0.2, -0.15) is 5.10 Å². The van der Waals surface area contributed by atoms with E-state index in [4.69, 9.17) is 4.74 Å². The van der Waals surface area contributed by atoms with Crippen molar-refractivity contribution in [2.45, 2.75) is 33.2 Å². The summed E-state index contributed by atoms with van der Waals surface area (Å²) in [5.74, 6) is -0.588. The molecule has 0 aromatic carbocycles. The normalized spacial score (nSPS) is 11.2. The molecule has 2 amide bonds. The van der Waals surface area contributed by atoms with Crippen LogP contribution in [0.5, 0.6) is 0 Å². The van der Waals surface area contributed by atoms with Crippen LogP contribution in [0.2, 0.25) is 0 Å². The predicted molar refractivity (Wildman–Crippen MR) is 78.2 cm³/mol. The molecule has 0 atom stereocenters. The van der Waals surface area contributed by atoms with Crippen LogP contribution >= 0.6 is 0 Å². The number of amides is 2. The lowest BCUT2D eigenvalue weighted by Crippen LogP contribution is -2.33. The predicted octanol–water partition coefficient (Wildman–Crippen LogP) is 0.143. The van der Waals surface area contributed by atoms with E-state index in [1.807, 2.05) is 13.8 Å². The fourth-order valence-electron chi connectivity index (χ4n) is 1.25. The van der Waals surface area contributed by atoms with Crippen molar-refractivity contribution in [1.29, 1.82) is 0 Å². The van der Waals surface area contributed by atoms with Crippen molar-refractivity contribution in [3.63, 3.8) is 0 Å². The van der Waals surface area contributed by atoms with Gasteiger partial charge >= 0.3 is 0 Å². The van der Waals surface area contributed by atoms with E-state index in [0.29, 0.717) is 18.9 Å². The minimum Gasteiger partial charge on any atom is -0.383 e. The standard InChI is InChI=1S/C13H24N4O3/c1-9(2)15-11(4)13(19)17-16-10(3)8-12(18)14-6-7-20-5/h9,15H,4,6-8H2,1-3,5H3,(H,14,18)(H,17,19). The molecule has 0 unspecified atom stereocenters. The van der Waals surface area contributed by atoms with Gasteiger partial charge < -0.3 is 15.4 Å². The van der Waals surface area contributed by atoms with Gasteiger partial charge in [0.25, 0.3) is 5.91 Å². The van der Waals surface area contributed by atoms with Gasteiger partial charge in [0.2, 0.25) is 5.91 Å². The van der Waals surface area contributed by atoms with E-state index >= 15 is 0 Å². The van der Waals surface area contributed by atoms with Crippen LogP contribution < -0.4 is 16.1 Å². The lowest BCUT2D eigenvalue weighted by atomic mass is 10.3. The molecule has 0 aliphatic rings. The highest BCUT2D eigenvalue weighted by atomic mass is 16.5. The molecule has 0 aromatic rings. The van der Waals surface area contributed by atoms with Gasteiger partial charge in [0.15, 0.2) is 0 Å². The van der Waals surface area contributed by atoms with Crippen molar-refractivity contribution in [2.24, 2.45) is 5.10 Å². The Kier molecular flexibility index (Phi) is 9.02. The Labute approximate surface area is 119 Å². The van der Waals surface area contributed by atoms with Crippen LogP contribution in [0, 0.1) is 0 Å². The summed E-state index contributed by atoms with van der Waals surface area (Å²) in [7, 11) is 1.56. The smallest absolute Gasteiger partial charge is 0.286 e. The van der Waals surface area contributed by atoms with Gasteiger partial charge in [0, 0.05) is 25.4 Å². The van der Waals surface area contributed by atoms with E-state index in [9.17, 15) is 9.59 Å².